The molecule has 4 heteroatoms. The van der Waals surface area contributed by atoms with E-state index < -0.39 is 0 Å². The average molecular weight is 247 g/mol. The first-order valence-electron chi connectivity index (χ1n) is 4.10. The van der Waals surface area contributed by atoms with Crippen molar-refractivity contribution in [3.8, 4) is 0 Å². The topological polar surface area (TPSA) is 38.9 Å². The predicted octanol–water partition coefficient (Wildman–Crippen LogP) is 2.80. The number of hydrogen-bond donors (Lipinski definition) is 1. The largest absolute Gasteiger partial charge is 0.322 e. The number of nitrogens with two attached hydrogens (primary N) is 1. The zero-order valence-corrected chi connectivity index (χ0v) is 9.28. The number of aromatic nitrogens is 1. The van der Waals surface area contributed by atoms with E-state index in [0.29, 0.717) is 0 Å². The standard InChI is InChI=1S/C8H11BrN2S/c1-4(10)8-11-7(9)6(12-8)5-2-3-5/h4-5H,2-3,10H2,1H3. The summed E-state index contributed by atoms with van der Waals surface area (Å²) in [7, 11) is 0. The van der Waals surface area contributed by atoms with Crippen molar-refractivity contribution in [3.63, 3.8) is 0 Å². The smallest absolute Gasteiger partial charge is 0.120 e. The van der Waals surface area contributed by atoms with Crippen LogP contribution < -0.4 is 5.73 Å². The molecule has 1 aromatic rings. The van der Waals surface area contributed by atoms with Crippen LogP contribution in [-0.4, -0.2) is 4.98 Å². The van der Waals surface area contributed by atoms with Crippen molar-refractivity contribution in [1.29, 1.82) is 0 Å². The van der Waals surface area contributed by atoms with Gasteiger partial charge in [0.25, 0.3) is 0 Å². The maximum Gasteiger partial charge on any atom is 0.120 e. The van der Waals surface area contributed by atoms with Gasteiger partial charge in [-0.25, -0.2) is 4.98 Å². The molecule has 0 radical (unpaired) electrons. The molecule has 12 heavy (non-hydrogen) atoms. The summed E-state index contributed by atoms with van der Waals surface area (Å²) in [5, 5.41) is 1.05. The van der Waals surface area contributed by atoms with Gasteiger partial charge in [0.05, 0.1) is 6.04 Å². The van der Waals surface area contributed by atoms with E-state index in [0.717, 1.165) is 15.5 Å². The lowest BCUT2D eigenvalue weighted by atomic mass is 10.4. The Morgan fingerprint density at radius 3 is 2.75 bits per heavy atom. The number of nitrogens with zero attached hydrogens (tertiary/aromatic N) is 1. The van der Waals surface area contributed by atoms with Crippen LogP contribution in [0.4, 0.5) is 0 Å². The Kier molecular flexibility index (Phi) is 2.23. The van der Waals surface area contributed by atoms with Crippen LogP contribution in [0.2, 0.25) is 0 Å². The lowest BCUT2D eigenvalue weighted by molar-refractivity contribution is 0.804. The van der Waals surface area contributed by atoms with Gasteiger partial charge in [0, 0.05) is 4.88 Å². The van der Waals surface area contributed by atoms with Gasteiger partial charge in [-0.15, -0.1) is 11.3 Å². The monoisotopic (exact) mass is 246 g/mol. The van der Waals surface area contributed by atoms with Gasteiger partial charge in [-0.05, 0) is 41.6 Å². The average Bonchev–Trinajstić information content (AvgIpc) is 2.75. The summed E-state index contributed by atoms with van der Waals surface area (Å²) in [4.78, 5) is 5.77. The van der Waals surface area contributed by atoms with Crippen molar-refractivity contribution in [2.75, 3.05) is 0 Å². The van der Waals surface area contributed by atoms with Crippen molar-refractivity contribution in [2.45, 2.75) is 31.7 Å². The van der Waals surface area contributed by atoms with E-state index in [4.69, 9.17) is 5.73 Å². The highest BCUT2D eigenvalue weighted by atomic mass is 79.9. The molecule has 2 N–H and O–H groups in total. The summed E-state index contributed by atoms with van der Waals surface area (Å²) in [6.45, 7) is 1.97. The molecular weight excluding hydrogens is 236 g/mol. The molecule has 1 atom stereocenters. The van der Waals surface area contributed by atoms with Gasteiger partial charge in [0.15, 0.2) is 0 Å². The second kappa shape index (κ2) is 3.09. The van der Waals surface area contributed by atoms with E-state index in [1.807, 2.05) is 6.92 Å². The summed E-state index contributed by atoms with van der Waals surface area (Å²) in [5.74, 6) is 0.768. The molecule has 1 aliphatic carbocycles. The van der Waals surface area contributed by atoms with Crippen molar-refractivity contribution >= 4 is 27.3 Å². The SMILES string of the molecule is CC(N)c1nc(Br)c(C2CC2)s1. The van der Waals surface area contributed by atoms with Crippen molar-refractivity contribution in [3.05, 3.63) is 14.5 Å². The summed E-state index contributed by atoms with van der Waals surface area (Å²) in [6, 6.07) is 0.0683. The maximum atomic E-state index is 5.74. The summed E-state index contributed by atoms with van der Waals surface area (Å²) >= 11 is 5.22. The van der Waals surface area contributed by atoms with E-state index in [1.54, 1.807) is 11.3 Å². The third-order valence-electron chi connectivity index (χ3n) is 1.96. The molecule has 1 saturated carbocycles. The number of thiazole rings is 1. The molecule has 0 bridgehead atoms. The maximum absolute atomic E-state index is 5.74. The second-order valence-electron chi connectivity index (χ2n) is 3.27. The fourth-order valence-corrected chi connectivity index (χ4v) is 3.08. The molecule has 66 valence electrons. The van der Waals surface area contributed by atoms with Crippen LogP contribution in [0.15, 0.2) is 4.60 Å². The van der Waals surface area contributed by atoms with Crippen LogP contribution in [0.5, 0.6) is 0 Å². The Bertz CT molecular complexity index is 291. The van der Waals surface area contributed by atoms with Crippen LogP contribution in [0, 0.1) is 0 Å². The predicted molar refractivity (Wildman–Crippen MR) is 54.4 cm³/mol. The van der Waals surface area contributed by atoms with Crippen molar-refractivity contribution in [2.24, 2.45) is 5.73 Å². The van der Waals surface area contributed by atoms with Gasteiger partial charge >= 0.3 is 0 Å². The molecular formula is C8H11BrN2S. The summed E-state index contributed by atoms with van der Waals surface area (Å²) in [6.07, 6.45) is 2.64. The molecule has 2 rings (SSSR count). The summed E-state index contributed by atoms with van der Waals surface area (Å²) < 4.78 is 1.02. The quantitative estimate of drug-likeness (QED) is 0.872. The normalized spacial score (nSPS) is 19.6. The molecule has 0 aromatic carbocycles. The number of rotatable bonds is 2. The minimum Gasteiger partial charge on any atom is -0.322 e. The van der Waals surface area contributed by atoms with E-state index in [1.165, 1.54) is 17.7 Å². The molecule has 0 aliphatic heterocycles. The van der Waals surface area contributed by atoms with Crippen molar-refractivity contribution in [1.82, 2.24) is 4.98 Å². The Balaban J connectivity index is 2.30. The van der Waals surface area contributed by atoms with E-state index >= 15 is 0 Å². The third kappa shape index (κ3) is 1.56. The Morgan fingerprint density at radius 2 is 2.33 bits per heavy atom. The molecule has 0 spiro atoms. The van der Waals surface area contributed by atoms with Gasteiger partial charge in [0.1, 0.15) is 9.61 Å². The molecule has 0 saturated heterocycles. The molecule has 0 amide bonds. The van der Waals surface area contributed by atoms with Gasteiger partial charge in [-0.2, -0.15) is 0 Å². The molecule has 2 nitrogen and oxygen atoms in total. The van der Waals surface area contributed by atoms with Crippen LogP contribution in [0.3, 0.4) is 0 Å². The van der Waals surface area contributed by atoms with Gasteiger partial charge in [-0.1, -0.05) is 0 Å². The fraction of sp³-hybridized carbons (Fsp3) is 0.625. The molecule has 1 heterocycles. The lowest BCUT2D eigenvalue weighted by Gasteiger charge is -1.95. The first-order valence-corrected chi connectivity index (χ1v) is 5.71. The molecule has 1 aliphatic rings. The third-order valence-corrected chi connectivity index (χ3v) is 4.25. The lowest BCUT2D eigenvalue weighted by Crippen LogP contribution is -2.03. The van der Waals surface area contributed by atoms with Crippen molar-refractivity contribution < 1.29 is 0 Å². The van der Waals surface area contributed by atoms with E-state index in [-0.39, 0.29) is 6.04 Å². The van der Waals surface area contributed by atoms with Gasteiger partial charge < -0.3 is 5.73 Å². The minimum atomic E-state index is 0.0683. The minimum absolute atomic E-state index is 0.0683. The highest BCUT2D eigenvalue weighted by molar-refractivity contribution is 9.10. The van der Waals surface area contributed by atoms with Crippen LogP contribution in [0.1, 0.15) is 41.6 Å². The van der Waals surface area contributed by atoms with Gasteiger partial charge in [0.2, 0.25) is 0 Å². The fourth-order valence-electron chi connectivity index (χ4n) is 1.12. The first kappa shape index (κ1) is 8.66. The van der Waals surface area contributed by atoms with Crippen LogP contribution >= 0.6 is 27.3 Å². The zero-order chi connectivity index (χ0) is 8.72. The Hall–Kier alpha value is 0.0700. The van der Waals surface area contributed by atoms with E-state index in [9.17, 15) is 0 Å². The molecule has 1 aromatic heterocycles. The number of halogens is 1. The second-order valence-corrected chi connectivity index (χ2v) is 5.08. The van der Waals surface area contributed by atoms with Crippen LogP contribution in [0.25, 0.3) is 0 Å². The summed E-state index contributed by atoms with van der Waals surface area (Å²) in [5.41, 5.74) is 5.74. The Morgan fingerprint density at radius 1 is 1.67 bits per heavy atom. The molecule has 1 unspecified atom stereocenters. The first-order chi connectivity index (χ1) is 5.68. The van der Waals surface area contributed by atoms with E-state index in [2.05, 4.69) is 20.9 Å². The number of hydrogen-bond acceptors (Lipinski definition) is 3. The highest BCUT2D eigenvalue weighted by Gasteiger charge is 2.28. The van der Waals surface area contributed by atoms with Crippen LogP contribution in [-0.2, 0) is 0 Å². The Labute approximate surface area is 84.3 Å². The molecule has 1 fully saturated rings. The van der Waals surface area contributed by atoms with Gasteiger partial charge in [-0.3, -0.25) is 0 Å². The zero-order valence-electron chi connectivity index (χ0n) is 6.88. The highest BCUT2D eigenvalue weighted by Crippen LogP contribution is 2.46.